The molecule has 7 aromatic rings. The van der Waals surface area contributed by atoms with Gasteiger partial charge in [0.15, 0.2) is 0 Å². The number of aromatic nitrogens is 1. The van der Waals surface area contributed by atoms with Gasteiger partial charge in [-0.1, -0.05) is 103 Å². The summed E-state index contributed by atoms with van der Waals surface area (Å²) in [4.78, 5) is 0. The Hall–Kier alpha value is -5.06. The van der Waals surface area contributed by atoms with Crippen LogP contribution in [0.4, 0.5) is 0 Å². The zero-order valence-corrected chi connectivity index (χ0v) is 21.7. The lowest BCUT2D eigenvalue weighted by Gasteiger charge is -2.14. The van der Waals surface area contributed by atoms with Crippen LogP contribution in [0.1, 0.15) is 0 Å². The third-order valence-electron chi connectivity index (χ3n) is 7.46. The maximum absolute atomic E-state index is 9.43. The van der Waals surface area contributed by atoms with Gasteiger partial charge in [0.25, 0.3) is 0 Å². The molecule has 3 nitrogen and oxygen atoms in total. The lowest BCUT2D eigenvalue weighted by molar-refractivity contribution is 0.455. The van der Waals surface area contributed by atoms with Gasteiger partial charge < -0.3 is 14.2 Å². The van der Waals surface area contributed by atoms with Gasteiger partial charge in [-0.25, -0.2) is 0 Å². The van der Waals surface area contributed by atoms with Gasteiger partial charge in [0.1, 0.15) is 5.75 Å². The van der Waals surface area contributed by atoms with Crippen molar-refractivity contribution in [2.45, 2.75) is 0 Å². The quantitative estimate of drug-likeness (QED) is 0.225. The van der Waals surface area contributed by atoms with E-state index < -0.39 is 0 Å². The summed E-state index contributed by atoms with van der Waals surface area (Å²) >= 11 is 0. The van der Waals surface area contributed by atoms with Crippen molar-refractivity contribution in [3.05, 3.63) is 146 Å². The fourth-order valence-corrected chi connectivity index (χ4v) is 5.62. The zero-order valence-electron chi connectivity index (χ0n) is 21.7. The van der Waals surface area contributed by atoms with Crippen LogP contribution in [0.15, 0.2) is 146 Å². The largest absolute Gasteiger partial charge is 0.569 e. The molecule has 0 saturated heterocycles. The summed E-state index contributed by atoms with van der Waals surface area (Å²) < 4.78 is 7.84. The Balaban J connectivity index is 1.34. The van der Waals surface area contributed by atoms with Crippen LogP contribution in [-0.2, 0) is 0 Å². The first-order valence-corrected chi connectivity index (χ1v) is 13.3. The van der Waals surface area contributed by atoms with Crippen LogP contribution in [0, 0.1) is 0 Å². The molecule has 40 heavy (non-hydrogen) atoms. The van der Waals surface area contributed by atoms with Gasteiger partial charge >= 0.3 is 7.69 Å². The van der Waals surface area contributed by atoms with E-state index in [4.69, 9.17) is 4.65 Å². The average molecular weight is 514 g/mol. The Morgan fingerprint density at radius 2 is 1.05 bits per heavy atom. The van der Waals surface area contributed by atoms with Crippen molar-refractivity contribution in [3.8, 4) is 44.8 Å². The highest BCUT2D eigenvalue weighted by atomic mass is 16.5. The topological polar surface area (TPSA) is 34.4 Å². The fraction of sp³-hybridized carbons (Fsp3) is 0. The molecule has 4 heteroatoms. The number of benzene rings is 6. The van der Waals surface area contributed by atoms with Crippen LogP contribution in [0.2, 0.25) is 0 Å². The minimum Gasteiger partial charge on any atom is -0.537 e. The van der Waals surface area contributed by atoms with Crippen molar-refractivity contribution in [1.82, 2.24) is 4.57 Å². The van der Waals surface area contributed by atoms with E-state index in [9.17, 15) is 5.02 Å². The normalized spacial score (nSPS) is 11.1. The number of nitrogens with zero attached hydrogens (tertiary/aromatic N) is 1. The smallest absolute Gasteiger partial charge is 0.537 e. The Kier molecular flexibility index (Phi) is 6.16. The number of hydrogen-bond acceptors (Lipinski definition) is 2. The van der Waals surface area contributed by atoms with Gasteiger partial charge in [-0.15, -0.1) is 0 Å². The summed E-state index contributed by atoms with van der Waals surface area (Å²) in [6.45, 7) is 0. The monoisotopic (exact) mass is 514 g/mol. The number of hydrogen-bond donors (Lipinski definition) is 1. The predicted molar refractivity (Wildman–Crippen MR) is 166 cm³/mol. The first kappa shape index (κ1) is 24.0. The predicted octanol–water partition coefficient (Wildman–Crippen LogP) is 8.69. The highest BCUT2D eigenvalue weighted by Crippen LogP contribution is 2.37. The van der Waals surface area contributed by atoms with E-state index >= 15 is 0 Å². The summed E-state index contributed by atoms with van der Waals surface area (Å²) in [6, 6.07) is 50.6. The molecular formula is C36H25BNO2. The molecule has 0 bridgehead atoms. The minimum atomic E-state index is 0.596. The van der Waals surface area contributed by atoms with Gasteiger partial charge in [-0.05, 0) is 70.3 Å². The molecule has 7 rings (SSSR count). The average Bonchev–Trinajstić information content (AvgIpc) is 3.36. The fourth-order valence-electron chi connectivity index (χ4n) is 5.62. The third-order valence-corrected chi connectivity index (χ3v) is 7.46. The third kappa shape index (κ3) is 4.25. The zero-order chi connectivity index (χ0) is 26.9. The van der Waals surface area contributed by atoms with Crippen molar-refractivity contribution >= 4 is 29.5 Å². The van der Waals surface area contributed by atoms with Gasteiger partial charge in [-0.2, -0.15) is 0 Å². The molecular weight excluding hydrogens is 489 g/mol. The first-order valence-electron chi connectivity index (χ1n) is 13.3. The van der Waals surface area contributed by atoms with E-state index in [0.29, 0.717) is 5.75 Å². The van der Waals surface area contributed by atoms with Crippen molar-refractivity contribution in [3.63, 3.8) is 0 Å². The molecule has 6 aromatic carbocycles. The van der Waals surface area contributed by atoms with E-state index in [1.54, 1.807) is 0 Å². The Morgan fingerprint density at radius 1 is 0.475 bits per heavy atom. The molecule has 0 saturated carbocycles. The molecule has 0 aliphatic carbocycles. The standard InChI is InChI=1S/C36H25BNO2/c39-37-40-36-21-20-28(25-10-2-1-3-11-25)24-33(36)29-14-8-12-26(22-29)27-13-9-15-30(23-27)38-34-18-6-4-16-31(34)32-17-5-7-19-35(32)38/h1-24,39H. The summed E-state index contributed by atoms with van der Waals surface area (Å²) in [5, 5.41) is 11.9. The molecule has 0 atom stereocenters. The maximum atomic E-state index is 9.43. The van der Waals surface area contributed by atoms with Crippen molar-refractivity contribution in [2.75, 3.05) is 0 Å². The number of fused-ring (bicyclic) bond motifs is 3. The van der Waals surface area contributed by atoms with Gasteiger partial charge in [0.05, 0.1) is 11.0 Å². The molecule has 0 aliphatic rings. The lowest BCUT2D eigenvalue weighted by atomic mass is 9.95. The second-order valence-corrected chi connectivity index (χ2v) is 9.80. The molecule has 1 aromatic heterocycles. The first-order chi connectivity index (χ1) is 19.8. The van der Waals surface area contributed by atoms with Crippen molar-refractivity contribution in [2.24, 2.45) is 0 Å². The highest BCUT2D eigenvalue weighted by molar-refractivity contribution is 6.17. The van der Waals surface area contributed by atoms with E-state index in [1.165, 1.54) is 21.8 Å². The van der Waals surface area contributed by atoms with Crippen LogP contribution in [0.25, 0.3) is 60.9 Å². The molecule has 189 valence electrons. The van der Waals surface area contributed by atoms with Crippen LogP contribution in [0.5, 0.6) is 5.75 Å². The molecule has 1 radical (unpaired) electrons. The van der Waals surface area contributed by atoms with Crippen LogP contribution >= 0.6 is 0 Å². The Morgan fingerprint density at radius 3 is 1.77 bits per heavy atom. The minimum absolute atomic E-state index is 0.596. The van der Waals surface area contributed by atoms with Gasteiger partial charge in [-0.3, -0.25) is 0 Å². The number of rotatable bonds is 6. The molecule has 0 unspecified atom stereocenters. The number of para-hydroxylation sites is 2. The lowest BCUT2D eigenvalue weighted by Crippen LogP contribution is -2.01. The maximum Gasteiger partial charge on any atom is 0.569 e. The van der Waals surface area contributed by atoms with Gasteiger partial charge in [0, 0.05) is 22.0 Å². The van der Waals surface area contributed by atoms with E-state index in [0.717, 1.165) is 46.8 Å². The molecule has 1 N–H and O–H groups in total. The van der Waals surface area contributed by atoms with Crippen molar-refractivity contribution < 1.29 is 9.68 Å². The Labute approximate surface area is 233 Å². The summed E-state index contributed by atoms with van der Waals surface area (Å²) in [6.07, 6.45) is 0. The van der Waals surface area contributed by atoms with E-state index in [-0.39, 0.29) is 0 Å². The summed E-state index contributed by atoms with van der Waals surface area (Å²) in [5.74, 6) is 0.596. The SMILES string of the molecule is O[B]Oc1ccc(-c2ccccc2)cc1-c1cccc(-c2cccc(-n3c4ccccc4c4ccccc43)c2)c1. The highest BCUT2D eigenvalue weighted by Gasteiger charge is 2.14. The Bertz CT molecular complexity index is 1920. The van der Waals surface area contributed by atoms with Gasteiger partial charge in [0.2, 0.25) is 0 Å². The van der Waals surface area contributed by atoms with Crippen LogP contribution < -0.4 is 4.65 Å². The molecule has 0 spiro atoms. The van der Waals surface area contributed by atoms with E-state index in [1.807, 2.05) is 30.3 Å². The van der Waals surface area contributed by atoms with Crippen LogP contribution in [-0.4, -0.2) is 17.3 Å². The second kappa shape index (κ2) is 10.3. The summed E-state index contributed by atoms with van der Waals surface area (Å²) in [7, 11) is 0.736. The van der Waals surface area contributed by atoms with Crippen molar-refractivity contribution in [1.29, 1.82) is 0 Å². The van der Waals surface area contributed by atoms with E-state index in [2.05, 4.69) is 120 Å². The summed E-state index contributed by atoms with van der Waals surface area (Å²) in [5.41, 5.74) is 9.84. The van der Waals surface area contributed by atoms with Crippen LogP contribution in [0.3, 0.4) is 0 Å². The molecule has 0 aliphatic heterocycles. The molecule has 0 amide bonds. The second-order valence-electron chi connectivity index (χ2n) is 9.80. The molecule has 1 heterocycles. The molecule has 0 fully saturated rings.